The molecular formula is C10H13F2NO2S. The molecule has 0 aliphatic carbocycles. The molecule has 2 N–H and O–H groups in total. The summed E-state index contributed by atoms with van der Waals surface area (Å²) in [5, 5.41) is -0.833. The number of halogens is 2. The first-order chi connectivity index (χ1) is 7.30. The summed E-state index contributed by atoms with van der Waals surface area (Å²) in [5.41, 5.74) is 5.06. The van der Waals surface area contributed by atoms with Crippen LogP contribution in [0.4, 0.5) is 14.5 Å². The van der Waals surface area contributed by atoms with Crippen LogP contribution in [-0.4, -0.2) is 13.7 Å². The zero-order valence-corrected chi connectivity index (χ0v) is 9.81. The van der Waals surface area contributed by atoms with Gasteiger partial charge < -0.3 is 5.73 Å². The average molecular weight is 249 g/mol. The van der Waals surface area contributed by atoms with E-state index >= 15 is 0 Å². The third kappa shape index (κ3) is 2.16. The molecule has 90 valence electrons. The van der Waals surface area contributed by atoms with Crippen molar-refractivity contribution < 1.29 is 17.2 Å². The van der Waals surface area contributed by atoms with Crippen molar-refractivity contribution in [3.05, 3.63) is 23.8 Å². The number of nitrogen functional groups attached to an aromatic ring is 1. The molecule has 16 heavy (non-hydrogen) atoms. The first-order valence-corrected chi connectivity index (χ1v) is 6.33. The highest BCUT2D eigenvalue weighted by atomic mass is 32.2. The molecule has 6 heteroatoms. The van der Waals surface area contributed by atoms with Gasteiger partial charge in [-0.15, -0.1) is 0 Å². The number of nitrogens with two attached hydrogens (primary N) is 1. The smallest absolute Gasteiger partial charge is 0.186 e. The minimum Gasteiger partial charge on any atom is -0.399 e. The van der Waals surface area contributed by atoms with Gasteiger partial charge in [0.05, 0.1) is 5.25 Å². The Hall–Kier alpha value is -1.17. The molecule has 1 aromatic rings. The number of anilines is 1. The quantitative estimate of drug-likeness (QED) is 0.835. The fourth-order valence-electron chi connectivity index (χ4n) is 1.27. The topological polar surface area (TPSA) is 60.2 Å². The van der Waals surface area contributed by atoms with Gasteiger partial charge in [-0.2, -0.15) is 0 Å². The summed E-state index contributed by atoms with van der Waals surface area (Å²) in [5.74, 6) is -2.28. The van der Waals surface area contributed by atoms with Gasteiger partial charge in [0, 0.05) is 5.69 Å². The number of benzene rings is 1. The van der Waals surface area contributed by atoms with Crippen LogP contribution >= 0.6 is 0 Å². The molecule has 1 atom stereocenters. The molecule has 1 rings (SSSR count). The van der Waals surface area contributed by atoms with E-state index in [9.17, 15) is 17.2 Å². The normalized spacial score (nSPS) is 13.8. The highest BCUT2D eigenvalue weighted by Crippen LogP contribution is 2.26. The van der Waals surface area contributed by atoms with Gasteiger partial charge in [0.2, 0.25) is 0 Å². The monoisotopic (exact) mass is 249 g/mol. The zero-order chi connectivity index (χ0) is 12.5. The second-order valence-corrected chi connectivity index (χ2v) is 5.88. The largest absolute Gasteiger partial charge is 0.399 e. The van der Waals surface area contributed by atoms with Crippen molar-refractivity contribution in [2.24, 2.45) is 0 Å². The van der Waals surface area contributed by atoms with E-state index in [1.165, 1.54) is 6.92 Å². The second kappa shape index (κ2) is 4.37. The molecule has 3 nitrogen and oxygen atoms in total. The van der Waals surface area contributed by atoms with Crippen molar-refractivity contribution in [3.63, 3.8) is 0 Å². The summed E-state index contributed by atoms with van der Waals surface area (Å²) in [6, 6.07) is 1.61. The average Bonchev–Trinajstić information content (AvgIpc) is 2.14. The molecule has 0 aromatic heterocycles. The molecule has 0 amide bonds. The van der Waals surface area contributed by atoms with E-state index in [0.29, 0.717) is 0 Å². The first kappa shape index (κ1) is 12.9. The molecule has 0 saturated carbocycles. The first-order valence-electron chi connectivity index (χ1n) is 4.79. The predicted octanol–water partition coefficient (Wildman–Crippen LogP) is 2.12. The number of hydrogen-bond acceptors (Lipinski definition) is 3. The Morgan fingerprint density at radius 3 is 2.12 bits per heavy atom. The molecule has 0 fully saturated rings. The summed E-state index contributed by atoms with van der Waals surface area (Å²) in [6.45, 7) is 3.04. The lowest BCUT2D eigenvalue weighted by molar-refractivity contribution is 0.515. The Morgan fingerprint density at radius 2 is 1.75 bits per heavy atom. The van der Waals surface area contributed by atoms with E-state index in [-0.39, 0.29) is 12.1 Å². The summed E-state index contributed by atoms with van der Waals surface area (Å²) in [6.07, 6.45) is 0.283. The van der Waals surface area contributed by atoms with Gasteiger partial charge in [0.15, 0.2) is 9.84 Å². The number of sulfone groups is 1. The standard InChI is InChI=1S/C10H13F2NO2S/c1-3-6(2)16(14,15)10-8(11)4-7(13)5-9(10)12/h4-6H,3,13H2,1-2H3. The molecule has 1 unspecified atom stereocenters. The maximum absolute atomic E-state index is 13.4. The summed E-state index contributed by atoms with van der Waals surface area (Å²) >= 11 is 0. The Morgan fingerprint density at radius 1 is 1.31 bits per heavy atom. The van der Waals surface area contributed by atoms with Crippen LogP contribution < -0.4 is 5.73 Å². The predicted molar refractivity (Wildman–Crippen MR) is 57.7 cm³/mol. The van der Waals surface area contributed by atoms with Crippen molar-refractivity contribution in [1.29, 1.82) is 0 Å². The van der Waals surface area contributed by atoms with Crippen molar-refractivity contribution in [3.8, 4) is 0 Å². The molecule has 1 aromatic carbocycles. The SMILES string of the molecule is CCC(C)S(=O)(=O)c1c(F)cc(N)cc1F. The summed E-state index contributed by atoms with van der Waals surface area (Å²) in [4.78, 5) is -0.893. The van der Waals surface area contributed by atoms with Crippen molar-refractivity contribution in [1.82, 2.24) is 0 Å². The van der Waals surface area contributed by atoms with Gasteiger partial charge in [0.1, 0.15) is 16.5 Å². The summed E-state index contributed by atoms with van der Waals surface area (Å²) in [7, 11) is -3.97. The van der Waals surface area contributed by atoms with Crippen LogP contribution in [0.1, 0.15) is 20.3 Å². The van der Waals surface area contributed by atoms with E-state index in [4.69, 9.17) is 5.73 Å². The maximum atomic E-state index is 13.4. The number of hydrogen-bond donors (Lipinski definition) is 1. The van der Waals surface area contributed by atoms with Gasteiger partial charge in [-0.1, -0.05) is 6.92 Å². The van der Waals surface area contributed by atoms with Gasteiger partial charge in [0.25, 0.3) is 0 Å². The fourth-order valence-corrected chi connectivity index (χ4v) is 2.77. The van der Waals surface area contributed by atoms with Crippen molar-refractivity contribution >= 4 is 15.5 Å². The Bertz CT molecular complexity index is 477. The highest BCUT2D eigenvalue weighted by molar-refractivity contribution is 7.92. The van der Waals surface area contributed by atoms with E-state index in [1.54, 1.807) is 6.92 Å². The Labute approximate surface area is 93.2 Å². The van der Waals surface area contributed by atoms with Crippen LogP contribution in [-0.2, 0) is 9.84 Å². The zero-order valence-electron chi connectivity index (χ0n) is 9.00. The van der Waals surface area contributed by atoms with Gasteiger partial charge in [-0.05, 0) is 25.5 Å². The fraction of sp³-hybridized carbons (Fsp3) is 0.400. The molecular weight excluding hydrogens is 236 g/mol. The van der Waals surface area contributed by atoms with E-state index in [1.807, 2.05) is 0 Å². The van der Waals surface area contributed by atoms with E-state index in [2.05, 4.69) is 0 Å². The van der Waals surface area contributed by atoms with Crippen LogP contribution in [0.5, 0.6) is 0 Å². The third-order valence-electron chi connectivity index (χ3n) is 2.41. The second-order valence-electron chi connectivity index (χ2n) is 3.58. The molecule has 0 spiro atoms. The number of rotatable bonds is 3. The van der Waals surface area contributed by atoms with Crippen LogP contribution in [0.15, 0.2) is 17.0 Å². The molecule has 0 bridgehead atoms. The lowest BCUT2D eigenvalue weighted by atomic mass is 10.3. The third-order valence-corrected chi connectivity index (χ3v) is 4.76. The maximum Gasteiger partial charge on any atom is 0.186 e. The minimum absolute atomic E-state index is 0.141. The Kier molecular flexibility index (Phi) is 3.52. The van der Waals surface area contributed by atoms with Crippen LogP contribution in [0.25, 0.3) is 0 Å². The van der Waals surface area contributed by atoms with Gasteiger partial charge in [-0.3, -0.25) is 0 Å². The van der Waals surface area contributed by atoms with E-state index < -0.39 is 31.6 Å². The van der Waals surface area contributed by atoms with Gasteiger partial charge in [-0.25, -0.2) is 17.2 Å². The molecule has 0 radical (unpaired) electrons. The highest BCUT2D eigenvalue weighted by Gasteiger charge is 2.29. The minimum atomic E-state index is -3.97. The van der Waals surface area contributed by atoms with Crippen molar-refractivity contribution in [2.45, 2.75) is 30.4 Å². The van der Waals surface area contributed by atoms with Crippen molar-refractivity contribution in [2.75, 3.05) is 5.73 Å². The van der Waals surface area contributed by atoms with Crippen LogP contribution in [0, 0.1) is 11.6 Å². The molecule has 0 saturated heterocycles. The molecule has 0 heterocycles. The van der Waals surface area contributed by atoms with E-state index in [0.717, 1.165) is 12.1 Å². The molecule has 0 aliphatic heterocycles. The Balaban J connectivity index is 3.45. The van der Waals surface area contributed by atoms with Crippen LogP contribution in [0.3, 0.4) is 0 Å². The van der Waals surface area contributed by atoms with Gasteiger partial charge >= 0.3 is 0 Å². The molecule has 0 aliphatic rings. The summed E-state index contributed by atoms with van der Waals surface area (Å²) < 4.78 is 50.4. The lowest BCUT2D eigenvalue weighted by Crippen LogP contribution is -2.20. The van der Waals surface area contributed by atoms with Crippen LogP contribution in [0.2, 0.25) is 0 Å². The lowest BCUT2D eigenvalue weighted by Gasteiger charge is -2.12.